The number of rotatable bonds is 5. The molecule has 0 atom stereocenters. The van der Waals surface area contributed by atoms with E-state index in [1.165, 1.54) is 50.1 Å². The van der Waals surface area contributed by atoms with Crippen LogP contribution in [0.15, 0.2) is 170 Å². The SMILES string of the molecule is CC1(C)c2ccccc2-c2ccc(-c3cccc(-c4cccc(-c5nc(-c6cccc(-c7ccccc7)c6)c6ccccc6n5)c4)c3)cc21. The summed E-state index contributed by atoms with van der Waals surface area (Å²) in [5, 5.41) is 1.04. The first-order chi connectivity index (χ1) is 24.0. The van der Waals surface area contributed by atoms with Gasteiger partial charge in [0.15, 0.2) is 5.82 Å². The summed E-state index contributed by atoms with van der Waals surface area (Å²) in [6.45, 7) is 4.67. The Hall–Kier alpha value is -6.12. The highest BCUT2D eigenvalue weighted by atomic mass is 14.9. The van der Waals surface area contributed by atoms with Crippen LogP contribution in [-0.4, -0.2) is 9.97 Å². The lowest BCUT2D eigenvalue weighted by Gasteiger charge is -2.22. The maximum atomic E-state index is 5.23. The lowest BCUT2D eigenvalue weighted by atomic mass is 9.81. The second-order valence-electron chi connectivity index (χ2n) is 13.5. The maximum Gasteiger partial charge on any atom is 0.160 e. The topological polar surface area (TPSA) is 25.8 Å². The molecule has 0 bridgehead atoms. The number of hydrogen-bond acceptors (Lipinski definition) is 2. The lowest BCUT2D eigenvalue weighted by Crippen LogP contribution is -2.14. The zero-order valence-corrected chi connectivity index (χ0v) is 27.6. The van der Waals surface area contributed by atoms with E-state index >= 15 is 0 Å². The fraction of sp³-hybridized carbons (Fsp3) is 0.0638. The van der Waals surface area contributed by atoms with Crippen molar-refractivity contribution in [2.75, 3.05) is 0 Å². The molecular weight excluding hydrogens is 593 g/mol. The number of benzene rings is 7. The van der Waals surface area contributed by atoms with Crippen LogP contribution in [0.25, 0.3) is 78.1 Å². The zero-order valence-electron chi connectivity index (χ0n) is 27.6. The third-order valence-electron chi connectivity index (χ3n) is 10.1. The average molecular weight is 627 g/mol. The van der Waals surface area contributed by atoms with Crippen LogP contribution in [0.1, 0.15) is 25.0 Å². The van der Waals surface area contributed by atoms with E-state index in [-0.39, 0.29) is 5.41 Å². The van der Waals surface area contributed by atoms with Crippen LogP contribution in [-0.2, 0) is 5.41 Å². The Morgan fingerprint density at radius 3 is 1.67 bits per heavy atom. The highest BCUT2D eigenvalue weighted by molar-refractivity contribution is 5.94. The molecule has 0 fully saturated rings. The molecule has 232 valence electrons. The quantitative estimate of drug-likeness (QED) is 0.190. The summed E-state index contributed by atoms with van der Waals surface area (Å²) in [5.74, 6) is 0.720. The maximum absolute atomic E-state index is 5.23. The molecule has 0 aliphatic heterocycles. The van der Waals surface area contributed by atoms with Crippen LogP contribution in [0, 0.1) is 0 Å². The molecule has 0 N–H and O–H groups in total. The Balaban J connectivity index is 1.10. The molecule has 1 aliphatic rings. The summed E-state index contributed by atoms with van der Waals surface area (Å²) in [6, 6.07) is 60.7. The van der Waals surface area contributed by atoms with E-state index in [1.54, 1.807) is 0 Å². The van der Waals surface area contributed by atoms with E-state index in [2.05, 4.69) is 178 Å². The fourth-order valence-electron chi connectivity index (χ4n) is 7.50. The fourth-order valence-corrected chi connectivity index (χ4v) is 7.50. The first-order valence-electron chi connectivity index (χ1n) is 16.9. The van der Waals surface area contributed by atoms with Gasteiger partial charge in [0.25, 0.3) is 0 Å². The first kappa shape index (κ1) is 29.1. The number of nitrogens with zero attached hydrogens (tertiary/aromatic N) is 2. The summed E-state index contributed by atoms with van der Waals surface area (Å²) in [5.41, 5.74) is 16.5. The van der Waals surface area contributed by atoms with Crippen molar-refractivity contribution in [1.82, 2.24) is 9.97 Å². The molecule has 0 radical (unpaired) electrons. The van der Waals surface area contributed by atoms with Crippen molar-refractivity contribution in [3.8, 4) is 67.2 Å². The van der Waals surface area contributed by atoms with Gasteiger partial charge in [0, 0.05) is 21.9 Å². The van der Waals surface area contributed by atoms with Gasteiger partial charge in [0.05, 0.1) is 11.2 Å². The van der Waals surface area contributed by atoms with Crippen molar-refractivity contribution < 1.29 is 0 Å². The van der Waals surface area contributed by atoms with Crippen LogP contribution >= 0.6 is 0 Å². The van der Waals surface area contributed by atoms with E-state index in [9.17, 15) is 0 Å². The summed E-state index contributed by atoms with van der Waals surface area (Å²) >= 11 is 0. The standard InChI is InChI=1S/C47H34N2/c1-47(2)42-23-8-6-21-39(42)40-26-25-36(30-43(40)47)34-17-10-16-33(27-34)35-18-12-20-38(29-35)46-48-44-24-9-7-22-41(44)45(49-46)37-19-11-15-32(28-37)31-13-4-3-5-14-31/h3-30H,1-2H3. The molecule has 8 aromatic rings. The Bertz CT molecular complexity index is 2530. The van der Waals surface area contributed by atoms with Gasteiger partial charge in [-0.25, -0.2) is 9.97 Å². The summed E-state index contributed by atoms with van der Waals surface area (Å²) < 4.78 is 0. The van der Waals surface area contributed by atoms with E-state index in [0.29, 0.717) is 0 Å². The van der Waals surface area contributed by atoms with Crippen molar-refractivity contribution in [1.29, 1.82) is 0 Å². The normalized spacial score (nSPS) is 12.9. The molecule has 9 rings (SSSR count). The Kier molecular flexibility index (Phi) is 6.84. The van der Waals surface area contributed by atoms with E-state index in [0.717, 1.165) is 39.1 Å². The van der Waals surface area contributed by atoms with Crippen molar-refractivity contribution in [2.24, 2.45) is 0 Å². The van der Waals surface area contributed by atoms with E-state index < -0.39 is 0 Å². The van der Waals surface area contributed by atoms with Gasteiger partial charge < -0.3 is 0 Å². The van der Waals surface area contributed by atoms with Gasteiger partial charge in [-0.2, -0.15) is 0 Å². The second-order valence-corrected chi connectivity index (χ2v) is 13.5. The average Bonchev–Trinajstić information content (AvgIpc) is 3.40. The van der Waals surface area contributed by atoms with Crippen molar-refractivity contribution in [3.63, 3.8) is 0 Å². The summed E-state index contributed by atoms with van der Waals surface area (Å²) in [7, 11) is 0. The van der Waals surface area contributed by atoms with Crippen LogP contribution in [0.3, 0.4) is 0 Å². The monoisotopic (exact) mass is 626 g/mol. The van der Waals surface area contributed by atoms with Crippen LogP contribution in [0.2, 0.25) is 0 Å². The number of fused-ring (bicyclic) bond motifs is 4. The largest absolute Gasteiger partial charge is 0.228 e. The number of hydrogen-bond donors (Lipinski definition) is 0. The van der Waals surface area contributed by atoms with Crippen LogP contribution in [0.4, 0.5) is 0 Å². The Morgan fingerprint density at radius 1 is 0.367 bits per heavy atom. The van der Waals surface area contributed by atoms with Crippen LogP contribution in [0.5, 0.6) is 0 Å². The second kappa shape index (κ2) is 11.5. The molecule has 49 heavy (non-hydrogen) atoms. The van der Waals surface area contributed by atoms with Gasteiger partial charge in [0.2, 0.25) is 0 Å². The molecule has 0 spiro atoms. The minimum absolute atomic E-state index is 0.0323. The van der Waals surface area contributed by atoms with E-state index in [4.69, 9.17) is 9.97 Å². The van der Waals surface area contributed by atoms with Gasteiger partial charge in [-0.3, -0.25) is 0 Å². The first-order valence-corrected chi connectivity index (χ1v) is 16.9. The van der Waals surface area contributed by atoms with Gasteiger partial charge in [-0.15, -0.1) is 0 Å². The third-order valence-corrected chi connectivity index (χ3v) is 10.1. The molecule has 0 amide bonds. The molecule has 0 saturated carbocycles. The van der Waals surface area contributed by atoms with Gasteiger partial charge in [0.1, 0.15) is 0 Å². The zero-order chi connectivity index (χ0) is 33.0. The number of para-hydroxylation sites is 1. The molecular formula is C47H34N2. The molecule has 0 unspecified atom stereocenters. The van der Waals surface area contributed by atoms with Crippen molar-refractivity contribution in [2.45, 2.75) is 19.3 Å². The predicted molar refractivity (Wildman–Crippen MR) is 204 cm³/mol. The third kappa shape index (κ3) is 5.05. The van der Waals surface area contributed by atoms with Crippen molar-refractivity contribution >= 4 is 10.9 Å². The molecule has 1 aliphatic carbocycles. The van der Waals surface area contributed by atoms with Gasteiger partial charge in [-0.05, 0) is 86.0 Å². The summed E-state index contributed by atoms with van der Waals surface area (Å²) in [6.07, 6.45) is 0. The van der Waals surface area contributed by atoms with Crippen LogP contribution < -0.4 is 0 Å². The molecule has 7 aromatic carbocycles. The Morgan fingerprint density at radius 2 is 0.898 bits per heavy atom. The number of aromatic nitrogens is 2. The molecule has 0 saturated heterocycles. The molecule has 2 nitrogen and oxygen atoms in total. The Labute approximate surface area is 287 Å². The van der Waals surface area contributed by atoms with Gasteiger partial charge in [-0.1, -0.05) is 153 Å². The van der Waals surface area contributed by atoms with Gasteiger partial charge >= 0.3 is 0 Å². The minimum atomic E-state index is -0.0323. The minimum Gasteiger partial charge on any atom is -0.228 e. The smallest absolute Gasteiger partial charge is 0.160 e. The van der Waals surface area contributed by atoms with E-state index in [1.807, 2.05) is 6.07 Å². The lowest BCUT2D eigenvalue weighted by molar-refractivity contribution is 0.660. The highest BCUT2D eigenvalue weighted by Crippen LogP contribution is 2.49. The molecule has 1 aromatic heterocycles. The van der Waals surface area contributed by atoms with Crippen molar-refractivity contribution in [3.05, 3.63) is 181 Å². The highest BCUT2D eigenvalue weighted by Gasteiger charge is 2.35. The summed E-state index contributed by atoms with van der Waals surface area (Å²) in [4.78, 5) is 10.3. The molecule has 2 heteroatoms. The predicted octanol–water partition coefficient (Wildman–Crippen LogP) is 12.3. The molecule has 1 heterocycles.